The van der Waals surface area contributed by atoms with E-state index in [1.165, 1.54) is 14.2 Å². The normalized spacial score (nSPS) is 11.6. The van der Waals surface area contributed by atoms with Gasteiger partial charge < -0.3 is 4.74 Å². The lowest BCUT2D eigenvalue weighted by Gasteiger charge is -2.16. The van der Waals surface area contributed by atoms with Gasteiger partial charge in [-0.1, -0.05) is 0 Å². The first kappa shape index (κ1) is 15.4. The van der Waals surface area contributed by atoms with Crippen molar-refractivity contribution < 1.29 is 17.9 Å². The van der Waals surface area contributed by atoms with Crippen molar-refractivity contribution in [1.82, 2.24) is 14.5 Å². The number of aryl methyl sites for hydroxylation is 1. The van der Waals surface area contributed by atoms with E-state index in [1.54, 1.807) is 13.8 Å². The zero-order chi connectivity index (χ0) is 14.6. The molecule has 2 N–H and O–H groups in total. The van der Waals surface area contributed by atoms with Gasteiger partial charge in [-0.25, -0.2) is 0 Å². The predicted octanol–water partition coefficient (Wildman–Crippen LogP) is 0.178. The molecule has 1 rings (SSSR count). The minimum absolute atomic E-state index is 0.00745. The Morgan fingerprint density at radius 1 is 1.47 bits per heavy atom. The molecule has 1 aromatic heterocycles. The molecule has 0 aromatic carbocycles. The maximum absolute atomic E-state index is 12.0. The highest BCUT2D eigenvalue weighted by molar-refractivity contribution is 7.90. The second-order valence-corrected chi connectivity index (χ2v) is 5.85. The zero-order valence-corrected chi connectivity index (χ0v) is 12.2. The van der Waals surface area contributed by atoms with E-state index < -0.39 is 16.2 Å². The van der Waals surface area contributed by atoms with Crippen LogP contribution in [0.15, 0.2) is 0 Å². The molecule has 0 spiro atoms. The van der Waals surface area contributed by atoms with Gasteiger partial charge in [0, 0.05) is 24.8 Å². The third kappa shape index (κ3) is 3.93. The van der Waals surface area contributed by atoms with E-state index in [4.69, 9.17) is 0 Å². The summed E-state index contributed by atoms with van der Waals surface area (Å²) < 4.78 is 31.8. The van der Waals surface area contributed by atoms with Gasteiger partial charge in [0.25, 0.3) is 0 Å². The number of carbonyl (C=O) groups excluding carboxylic acids is 1. The Kier molecular flexibility index (Phi) is 4.90. The largest absolute Gasteiger partial charge is 0.469 e. The monoisotopic (exact) mass is 290 g/mol. The fourth-order valence-corrected chi connectivity index (χ4v) is 2.19. The predicted molar refractivity (Wildman–Crippen MR) is 69.9 cm³/mol. The Labute approximate surface area is 112 Å². The number of ether oxygens (including phenoxy) is 1. The molecule has 0 aliphatic rings. The Hall–Kier alpha value is -1.61. The summed E-state index contributed by atoms with van der Waals surface area (Å²) in [5.74, 6) is -0.212. The van der Waals surface area contributed by atoms with E-state index in [9.17, 15) is 13.2 Å². The number of rotatable bonds is 6. The van der Waals surface area contributed by atoms with Crippen molar-refractivity contribution in [2.75, 3.05) is 25.4 Å². The minimum atomic E-state index is -3.73. The molecule has 0 amide bonds. The van der Waals surface area contributed by atoms with Crippen LogP contribution in [0.1, 0.15) is 17.7 Å². The van der Waals surface area contributed by atoms with Gasteiger partial charge in [0.1, 0.15) is 0 Å². The fourth-order valence-electron chi connectivity index (χ4n) is 1.26. The van der Waals surface area contributed by atoms with Crippen LogP contribution in [-0.2, 0) is 19.7 Å². The zero-order valence-electron chi connectivity index (χ0n) is 11.3. The van der Waals surface area contributed by atoms with E-state index in [-0.39, 0.29) is 18.8 Å². The first-order valence-electron chi connectivity index (χ1n) is 5.60. The lowest BCUT2D eigenvalue weighted by Crippen LogP contribution is -2.34. The minimum Gasteiger partial charge on any atom is -0.469 e. The van der Waals surface area contributed by atoms with Crippen molar-refractivity contribution in [2.24, 2.45) is 0 Å². The summed E-state index contributed by atoms with van der Waals surface area (Å²) in [5.41, 5.74) is 1.51. The van der Waals surface area contributed by atoms with Crippen LogP contribution < -0.4 is 4.72 Å². The van der Waals surface area contributed by atoms with E-state index >= 15 is 0 Å². The number of nitrogens with zero attached hydrogens (tertiary/aromatic N) is 2. The van der Waals surface area contributed by atoms with Crippen LogP contribution in [0.5, 0.6) is 0 Å². The molecule has 1 heterocycles. The average molecular weight is 290 g/mol. The number of H-pyrrole nitrogens is 1. The molecule has 0 aliphatic carbocycles. The highest BCUT2D eigenvalue weighted by atomic mass is 32.2. The molecule has 0 unspecified atom stereocenters. The number of hydrogen-bond acceptors (Lipinski definition) is 5. The molecule has 108 valence electrons. The van der Waals surface area contributed by atoms with E-state index in [2.05, 4.69) is 19.7 Å². The fraction of sp³-hybridized carbons (Fsp3) is 0.600. The smallest absolute Gasteiger partial charge is 0.306 e. The SMILES string of the molecule is COC(=O)CCN(C)S(=O)(=O)Nc1n[nH]c(C)c1C. The second-order valence-electron chi connectivity index (χ2n) is 4.08. The summed E-state index contributed by atoms with van der Waals surface area (Å²) in [5, 5.41) is 6.55. The topological polar surface area (TPSA) is 104 Å². The molecule has 1 aromatic rings. The van der Waals surface area contributed by atoms with E-state index in [0.717, 1.165) is 15.6 Å². The highest BCUT2D eigenvalue weighted by Crippen LogP contribution is 2.16. The van der Waals surface area contributed by atoms with Crippen molar-refractivity contribution in [3.8, 4) is 0 Å². The molecule has 19 heavy (non-hydrogen) atoms. The molecule has 8 nitrogen and oxygen atoms in total. The summed E-state index contributed by atoms with van der Waals surface area (Å²) in [6, 6.07) is 0. The molecule has 0 bridgehead atoms. The standard InChI is InChI=1S/C10H18N4O4S/c1-7-8(2)11-12-10(7)13-19(16,17)14(3)6-5-9(15)18-4/h5-6H2,1-4H3,(H2,11,12,13). The van der Waals surface area contributed by atoms with Gasteiger partial charge in [0.2, 0.25) is 0 Å². The van der Waals surface area contributed by atoms with Crippen LogP contribution in [0, 0.1) is 13.8 Å². The molecule has 0 fully saturated rings. The lowest BCUT2D eigenvalue weighted by molar-refractivity contribution is -0.140. The number of hydrogen-bond donors (Lipinski definition) is 2. The van der Waals surface area contributed by atoms with Crippen LogP contribution in [0.3, 0.4) is 0 Å². The van der Waals surface area contributed by atoms with Gasteiger partial charge in [-0.15, -0.1) is 0 Å². The first-order valence-corrected chi connectivity index (χ1v) is 7.04. The van der Waals surface area contributed by atoms with Crippen molar-refractivity contribution >= 4 is 22.0 Å². The Bertz CT molecular complexity index is 552. The first-order chi connectivity index (χ1) is 8.77. The Morgan fingerprint density at radius 2 is 2.11 bits per heavy atom. The summed E-state index contributed by atoms with van der Waals surface area (Å²) in [4.78, 5) is 11.0. The van der Waals surface area contributed by atoms with Gasteiger partial charge in [0.05, 0.1) is 13.5 Å². The molecule has 0 saturated heterocycles. The van der Waals surface area contributed by atoms with Gasteiger partial charge in [-0.3, -0.25) is 14.6 Å². The Morgan fingerprint density at radius 3 is 2.58 bits per heavy atom. The quantitative estimate of drug-likeness (QED) is 0.727. The molecular formula is C10H18N4O4S. The van der Waals surface area contributed by atoms with E-state index in [1.807, 2.05) is 0 Å². The van der Waals surface area contributed by atoms with Crippen LogP contribution in [0.4, 0.5) is 5.82 Å². The third-order valence-electron chi connectivity index (χ3n) is 2.75. The number of nitrogens with one attached hydrogen (secondary N) is 2. The summed E-state index contributed by atoms with van der Waals surface area (Å²) in [6.07, 6.45) is -0.00745. The molecule has 9 heteroatoms. The number of aromatic nitrogens is 2. The summed E-state index contributed by atoms with van der Waals surface area (Å²) >= 11 is 0. The van der Waals surface area contributed by atoms with E-state index in [0.29, 0.717) is 0 Å². The number of methoxy groups -OCH3 is 1. The highest BCUT2D eigenvalue weighted by Gasteiger charge is 2.21. The molecule has 0 radical (unpaired) electrons. The van der Waals surface area contributed by atoms with Gasteiger partial charge >= 0.3 is 16.2 Å². The van der Waals surface area contributed by atoms with Crippen LogP contribution in [-0.4, -0.2) is 49.6 Å². The van der Waals surface area contributed by atoms with Crippen LogP contribution in [0.2, 0.25) is 0 Å². The molecule has 0 aliphatic heterocycles. The number of esters is 1. The van der Waals surface area contributed by atoms with Crippen molar-refractivity contribution in [2.45, 2.75) is 20.3 Å². The van der Waals surface area contributed by atoms with Gasteiger partial charge in [-0.2, -0.15) is 17.8 Å². The lowest BCUT2D eigenvalue weighted by atomic mass is 10.3. The molecule has 0 atom stereocenters. The van der Waals surface area contributed by atoms with Crippen molar-refractivity contribution in [1.29, 1.82) is 0 Å². The number of anilines is 1. The number of carbonyl (C=O) groups is 1. The summed E-state index contributed by atoms with van der Waals surface area (Å²) in [6.45, 7) is 3.58. The van der Waals surface area contributed by atoms with Crippen LogP contribution in [0.25, 0.3) is 0 Å². The van der Waals surface area contributed by atoms with Crippen LogP contribution >= 0.6 is 0 Å². The van der Waals surface area contributed by atoms with Gasteiger partial charge in [-0.05, 0) is 13.8 Å². The summed E-state index contributed by atoms with van der Waals surface area (Å²) in [7, 11) is -1.10. The number of aromatic amines is 1. The third-order valence-corrected chi connectivity index (χ3v) is 4.20. The van der Waals surface area contributed by atoms with Crippen molar-refractivity contribution in [3.05, 3.63) is 11.3 Å². The van der Waals surface area contributed by atoms with Crippen molar-refractivity contribution in [3.63, 3.8) is 0 Å². The second kappa shape index (κ2) is 6.02. The molecule has 0 saturated carbocycles. The Balaban J connectivity index is 2.70. The maximum atomic E-state index is 12.0. The average Bonchev–Trinajstić information content (AvgIpc) is 2.66. The molecular weight excluding hydrogens is 272 g/mol. The maximum Gasteiger partial charge on any atom is 0.306 e. The van der Waals surface area contributed by atoms with Gasteiger partial charge in [0.15, 0.2) is 5.82 Å².